The van der Waals surface area contributed by atoms with Crippen molar-refractivity contribution in [3.05, 3.63) is 33.8 Å². The van der Waals surface area contributed by atoms with Crippen LogP contribution in [-0.4, -0.2) is 50.5 Å². The molecule has 1 aliphatic rings. The summed E-state index contributed by atoms with van der Waals surface area (Å²) in [5.41, 5.74) is 0.887. The summed E-state index contributed by atoms with van der Waals surface area (Å²) >= 11 is 12.2. The SMILES string of the molecule is CCNC(=NCC(C)(C)c1ccc(Cl)c(Cl)c1)NCC1(CCO)CCOC1.I. The molecular formula is C20H32Cl2IN3O2. The van der Waals surface area contributed by atoms with Crippen LogP contribution in [-0.2, 0) is 10.2 Å². The normalized spacial score (nSPS) is 20.0. The third-order valence-corrected chi connectivity index (χ3v) is 5.87. The van der Waals surface area contributed by atoms with Crippen molar-refractivity contribution in [2.24, 2.45) is 10.4 Å². The average Bonchev–Trinajstić information content (AvgIpc) is 3.09. The molecule has 8 heteroatoms. The molecule has 1 aromatic rings. The zero-order valence-electron chi connectivity index (χ0n) is 16.9. The van der Waals surface area contributed by atoms with Crippen LogP contribution < -0.4 is 10.6 Å². The van der Waals surface area contributed by atoms with Crippen molar-refractivity contribution in [2.45, 2.75) is 39.0 Å². The van der Waals surface area contributed by atoms with Crippen LogP contribution in [0.5, 0.6) is 0 Å². The molecule has 1 atom stereocenters. The van der Waals surface area contributed by atoms with Gasteiger partial charge in [0.2, 0.25) is 0 Å². The Morgan fingerprint density at radius 1 is 1.29 bits per heavy atom. The summed E-state index contributed by atoms with van der Waals surface area (Å²) in [4.78, 5) is 4.78. The predicted molar refractivity (Wildman–Crippen MR) is 128 cm³/mol. The third-order valence-electron chi connectivity index (χ3n) is 5.14. The van der Waals surface area contributed by atoms with Gasteiger partial charge in [0.1, 0.15) is 0 Å². The fourth-order valence-corrected chi connectivity index (χ4v) is 3.51. The standard InChI is InChI=1S/C20H31Cl2N3O2.HI/c1-4-23-18(25-13-20(7-9-26)8-10-27-14-20)24-12-19(2,3)15-5-6-16(21)17(22)11-15;/h5-6,11,26H,4,7-10,12-14H2,1-3H3,(H2,23,24,25);1H. The molecule has 1 aromatic carbocycles. The Morgan fingerprint density at radius 2 is 2.04 bits per heavy atom. The Balaban J connectivity index is 0.00000392. The van der Waals surface area contributed by atoms with Gasteiger partial charge in [0.15, 0.2) is 5.96 Å². The number of halogens is 3. The molecule has 0 spiro atoms. The van der Waals surface area contributed by atoms with Gasteiger partial charge in [-0.3, -0.25) is 4.99 Å². The molecule has 0 saturated carbocycles. The average molecular weight is 544 g/mol. The Morgan fingerprint density at radius 3 is 2.61 bits per heavy atom. The number of ether oxygens (including phenoxy) is 1. The van der Waals surface area contributed by atoms with E-state index in [1.807, 2.05) is 25.1 Å². The lowest BCUT2D eigenvalue weighted by Crippen LogP contribution is -2.45. The zero-order valence-corrected chi connectivity index (χ0v) is 20.7. The van der Waals surface area contributed by atoms with E-state index in [4.69, 9.17) is 32.9 Å². The first-order chi connectivity index (χ1) is 12.8. The minimum absolute atomic E-state index is 0. The van der Waals surface area contributed by atoms with E-state index in [-0.39, 0.29) is 41.4 Å². The smallest absolute Gasteiger partial charge is 0.191 e. The van der Waals surface area contributed by atoms with Gasteiger partial charge in [-0.2, -0.15) is 0 Å². The maximum Gasteiger partial charge on any atom is 0.191 e. The molecule has 0 amide bonds. The molecule has 1 saturated heterocycles. The van der Waals surface area contributed by atoms with Gasteiger partial charge in [-0.25, -0.2) is 0 Å². The van der Waals surface area contributed by atoms with Gasteiger partial charge in [-0.05, 0) is 37.5 Å². The maximum absolute atomic E-state index is 9.39. The van der Waals surface area contributed by atoms with Crippen molar-refractivity contribution in [3.8, 4) is 0 Å². The molecule has 1 heterocycles. The molecular weight excluding hydrogens is 512 g/mol. The van der Waals surface area contributed by atoms with Gasteiger partial charge < -0.3 is 20.5 Å². The first-order valence-corrected chi connectivity index (χ1v) is 10.2. The number of hydrogen-bond donors (Lipinski definition) is 3. The highest BCUT2D eigenvalue weighted by Crippen LogP contribution is 2.32. The number of nitrogens with one attached hydrogen (secondary N) is 2. The molecule has 5 nitrogen and oxygen atoms in total. The fraction of sp³-hybridized carbons (Fsp3) is 0.650. The number of nitrogens with zero attached hydrogens (tertiary/aromatic N) is 1. The second kappa shape index (κ2) is 11.8. The largest absolute Gasteiger partial charge is 0.396 e. The van der Waals surface area contributed by atoms with Crippen LogP contribution >= 0.6 is 47.2 Å². The van der Waals surface area contributed by atoms with Crippen LogP contribution in [0.2, 0.25) is 10.0 Å². The van der Waals surface area contributed by atoms with Gasteiger partial charge >= 0.3 is 0 Å². The maximum atomic E-state index is 9.39. The Kier molecular flexibility index (Phi) is 10.8. The zero-order chi connectivity index (χ0) is 19.9. The Hall–Kier alpha value is -0.280. The summed E-state index contributed by atoms with van der Waals surface area (Å²) < 4.78 is 5.56. The Labute approximate surface area is 195 Å². The first-order valence-electron chi connectivity index (χ1n) is 9.48. The number of aliphatic hydroxyl groups is 1. The molecule has 1 fully saturated rings. The second-order valence-corrected chi connectivity index (χ2v) is 8.65. The highest BCUT2D eigenvalue weighted by atomic mass is 127. The quantitative estimate of drug-likeness (QED) is 0.261. The number of hydrogen-bond acceptors (Lipinski definition) is 3. The van der Waals surface area contributed by atoms with Crippen LogP contribution in [0.3, 0.4) is 0 Å². The van der Waals surface area contributed by atoms with E-state index >= 15 is 0 Å². The third kappa shape index (κ3) is 7.20. The minimum atomic E-state index is -0.185. The van der Waals surface area contributed by atoms with Gasteiger partial charge in [0.25, 0.3) is 0 Å². The van der Waals surface area contributed by atoms with Gasteiger partial charge in [0, 0.05) is 37.1 Å². The molecule has 160 valence electrons. The van der Waals surface area contributed by atoms with E-state index in [1.54, 1.807) is 0 Å². The van der Waals surface area contributed by atoms with E-state index in [1.165, 1.54) is 0 Å². The topological polar surface area (TPSA) is 65.9 Å². The molecule has 2 rings (SSSR count). The summed E-state index contributed by atoms with van der Waals surface area (Å²) in [5, 5.41) is 17.2. The lowest BCUT2D eigenvalue weighted by Gasteiger charge is -2.28. The molecule has 0 bridgehead atoms. The van der Waals surface area contributed by atoms with Gasteiger partial charge in [0.05, 0.1) is 23.2 Å². The van der Waals surface area contributed by atoms with Crippen LogP contribution in [0.1, 0.15) is 39.2 Å². The number of aliphatic imine (C=N–C) groups is 1. The van der Waals surface area contributed by atoms with Crippen LogP contribution in [0.25, 0.3) is 0 Å². The highest BCUT2D eigenvalue weighted by molar-refractivity contribution is 14.0. The predicted octanol–water partition coefficient (Wildman–Crippen LogP) is 4.23. The molecule has 1 aliphatic heterocycles. The Bertz CT molecular complexity index is 650. The van der Waals surface area contributed by atoms with Crippen molar-refractivity contribution < 1.29 is 9.84 Å². The van der Waals surface area contributed by atoms with Crippen LogP contribution in [0, 0.1) is 5.41 Å². The minimum Gasteiger partial charge on any atom is -0.396 e. The summed E-state index contributed by atoms with van der Waals surface area (Å²) in [6.45, 7) is 10.0. The first kappa shape index (κ1) is 25.8. The number of aliphatic hydroxyl groups excluding tert-OH is 1. The molecule has 28 heavy (non-hydrogen) atoms. The monoisotopic (exact) mass is 543 g/mol. The summed E-state index contributed by atoms with van der Waals surface area (Å²) in [6, 6.07) is 5.73. The van der Waals surface area contributed by atoms with E-state index in [0.717, 1.165) is 44.1 Å². The fourth-order valence-electron chi connectivity index (χ4n) is 3.21. The highest BCUT2D eigenvalue weighted by Gasteiger charge is 2.34. The molecule has 3 N–H and O–H groups in total. The van der Waals surface area contributed by atoms with E-state index in [0.29, 0.717) is 23.2 Å². The summed E-state index contributed by atoms with van der Waals surface area (Å²) in [5.74, 6) is 0.773. The summed E-state index contributed by atoms with van der Waals surface area (Å²) in [6.07, 6.45) is 1.68. The van der Waals surface area contributed by atoms with Crippen molar-refractivity contribution in [2.75, 3.05) is 39.5 Å². The molecule has 0 aliphatic carbocycles. The van der Waals surface area contributed by atoms with Gasteiger partial charge in [-0.1, -0.05) is 43.1 Å². The van der Waals surface area contributed by atoms with Crippen molar-refractivity contribution >= 4 is 53.1 Å². The van der Waals surface area contributed by atoms with E-state index in [9.17, 15) is 5.11 Å². The molecule has 1 unspecified atom stereocenters. The van der Waals surface area contributed by atoms with Crippen molar-refractivity contribution in [3.63, 3.8) is 0 Å². The van der Waals surface area contributed by atoms with Crippen LogP contribution in [0.15, 0.2) is 23.2 Å². The molecule has 0 radical (unpaired) electrons. The molecule has 0 aromatic heterocycles. The lowest BCUT2D eigenvalue weighted by molar-refractivity contribution is 0.127. The van der Waals surface area contributed by atoms with Gasteiger partial charge in [-0.15, -0.1) is 24.0 Å². The number of rotatable bonds is 8. The summed E-state index contributed by atoms with van der Waals surface area (Å²) in [7, 11) is 0. The second-order valence-electron chi connectivity index (χ2n) is 7.84. The lowest BCUT2D eigenvalue weighted by atomic mass is 9.84. The number of benzene rings is 1. The van der Waals surface area contributed by atoms with Crippen molar-refractivity contribution in [1.29, 1.82) is 0 Å². The van der Waals surface area contributed by atoms with E-state index in [2.05, 4.69) is 24.5 Å². The van der Waals surface area contributed by atoms with Crippen LogP contribution in [0.4, 0.5) is 0 Å². The van der Waals surface area contributed by atoms with Crippen molar-refractivity contribution in [1.82, 2.24) is 10.6 Å². The van der Waals surface area contributed by atoms with E-state index < -0.39 is 0 Å². The number of guanidine groups is 1.